The summed E-state index contributed by atoms with van der Waals surface area (Å²) in [5.74, 6) is 4.91. The van der Waals surface area contributed by atoms with Crippen molar-refractivity contribution in [2.75, 3.05) is 17.8 Å². The van der Waals surface area contributed by atoms with Crippen LogP contribution in [0.4, 0.5) is 5.69 Å². The van der Waals surface area contributed by atoms with Crippen LogP contribution in [0.5, 0.6) is 0 Å². The molecule has 3 aromatic rings. The third-order valence-corrected chi connectivity index (χ3v) is 9.18. The number of anilines is 1. The second kappa shape index (κ2) is 9.43. The van der Waals surface area contributed by atoms with E-state index in [0.29, 0.717) is 22.3 Å². The first-order chi connectivity index (χ1) is 16.9. The second-order valence-corrected chi connectivity index (χ2v) is 12.0. The van der Waals surface area contributed by atoms with Gasteiger partial charge in [0.1, 0.15) is 0 Å². The number of likely N-dealkylation sites (tertiary alicyclic amines) is 1. The van der Waals surface area contributed by atoms with E-state index >= 15 is 0 Å². The molecule has 6 nitrogen and oxygen atoms in total. The van der Waals surface area contributed by atoms with Crippen LogP contribution in [-0.4, -0.2) is 38.5 Å². The van der Waals surface area contributed by atoms with Gasteiger partial charge in [-0.3, -0.25) is 4.79 Å². The molecule has 2 heterocycles. The Hall–Kier alpha value is -3.24. The van der Waals surface area contributed by atoms with E-state index in [0.717, 1.165) is 55.4 Å². The molecule has 182 valence electrons. The Labute approximate surface area is 207 Å². The second-order valence-electron chi connectivity index (χ2n) is 9.93. The summed E-state index contributed by atoms with van der Waals surface area (Å²) in [5, 5.41) is 10.3. The van der Waals surface area contributed by atoms with Gasteiger partial charge in [0.05, 0.1) is 26.2 Å². The van der Waals surface area contributed by atoms with Crippen LogP contribution in [-0.2, 0) is 21.5 Å². The first-order valence-electron chi connectivity index (χ1n) is 12.4. The van der Waals surface area contributed by atoms with Gasteiger partial charge in [0, 0.05) is 48.8 Å². The molecule has 2 aliphatic rings. The molecule has 0 spiro atoms. The zero-order valence-electron chi connectivity index (χ0n) is 20.2. The number of hydrogen-bond acceptors (Lipinski definition) is 3. The van der Waals surface area contributed by atoms with Crippen LogP contribution in [0.15, 0.2) is 53.6 Å². The van der Waals surface area contributed by atoms with Crippen LogP contribution >= 0.6 is 0 Å². The maximum atomic E-state index is 13.4. The number of aromatic nitrogens is 1. The van der Waals surface area contributed by atoms with Crippen molar-refractivity contribution in [2.24, 2.45) is 13.0 Å². The number of piperidine rings is 1. The van der Waals surface area contributed by atoms with Crippen molar-refractivity contribution in [1.29, 1.82) is 5.26 Å². The molecule has 1 atom stereocenters. The van der Waals surface area contributed by atoms with Crippen LogP contribution in [0.2, 0.25) is 0 Å². The fourth-order valence-electron chi connectivity index (χ4n) is 5.67. The van der Waals surface area contributed by atoms with Gasteiger partial charge in [0.15, 0.2) is 0 Å². The van der Waals surface area contributed by atoms with Gasteiger partial charge in [0.25, 0.3) is 0 Å². The molecule has 5 rings (SSSR count). The van der Waals surface area contributed by atoms with Gasteiger partial charge in [-0.15, -0.1) is 0 Å². The van der Waals surface area contributed by atoms with Crippen molar-refractivity contribution in [1.82, 2.24) is 9.47 Å². The average molecular weight is 489 g/mol. The zero-order valence-corrected chi connectivity index (χ0v) is 21.0. The largest absolute Gasteiger partial charge is 0.350 e. The van der Waals surface area contributed by atoms with Gasteiger partial charge < -0.3 is 14.2 Å². The number of nitrogens with zero attached hydrogens (tertiary/aromatic N) is 3. The molecule has 35 heavy (non-hydrogen) atoms. The minimum atomic E-state index is -2.82. The molecule has 1 aromatic heterocycles. The number of fused-ring (bicyclic) bond motifs is 1. The number of nitrogens with one attached hydrogen (secondary N) is 1. The standard InChI is InChI=1S/C28H32N4O2S/c1-31-19-26(21-12-14-32(15-13-21)28(33)22-7-3-4-8-22)25-17-23(10-11-27(25)31)30-35(2,34)24-9-5-6-20(16-24)18-29/h5-6,9-11,16-17,19,21-22H,2-4,7-8,12-15H2,1H3,(H,30,34). The van der Waals surface area contributed by atoms with Crippen molar-refractivity contribution in [3.8, 4) is 6.07 Å². The maximum Gasteiger partial charge on any atom is 0.225 e. The minimum absolute atomic E-state index is 0.240. The monoisotopic (exact) mass is 488 g/mol. The highest BCUT2D eigenvalue weighted by Crippen LogP contribution is 2.37. The molecule has 1 saturated heterocycles. The summed E-state index contributed by atoms with van der Waals surface area (Å²) in [5.41, 5.74) is 3.60. The Morgan fingerprint density at radius 2 is 1.86 bits per heavy atom. The molecule has 1 unspecified atom stereocenters. The third kappa shape index (κ3) is 4.68. The lowest BCUT2D eigenvalue weighted by Crippen LogP contribution is -2.40. The van der Waals surface area contributed by atoms with E-state index in [-0.39, 0.29) is 5.92 Å². The summed E-state index contributed by atoms with van der Waals surface area (Å²) < 4.78 is 18.6. The van der Waals surface area contributed by atoms with Crippen molar-refractivity contribution >= 4 is 38.1 Å². The lowest BCUT2D eigenvalue weighted by molar-refractivity contribution is -0.136. The molecule has 2 fully saturated rings. The third-order valence-electron chi connectivity index (χ3n) is 7.60. The van der Waals surface area contributed by atoms with E-state index in [1.807, 2.05) is 12.1 Å². The first-order valence-corrected chi connectivity index (χ1v) is 14.1. The van der Waals surface area contributed by atoms with Gasteiger partial charge >= 0.3 is 0 Å². The van der Waals surface area contributed by atoms with Gasteiger partial charge in [-0.25, -0.2) is 4.21 Å². The minimum Gasteiger partial charge on any atom is -0.350 e. The molecule has 0 radical (unpaired) electrons. The Balaban J connectivity index is 1.36. The molecule has 1 amide bonds. The fraction of sp³-hybridized carbons (Fsp3) is 0.393. The first kappa shape index (κ1) is 23.5. The zero-order chi connectivity index (χ0) is 24.6. The fourth-order valence-corrected chi connectivity index (χ4v) is 6.91. The van der Waals surface area contributed by atoms with Gasteiger partial charge in [-0.1, -0.05) is 18.9 Å². The molecule has 1 saturated carbocycles. The molecule has 2 aromatic carbocycles. The van der Waals surface area contributed by atoms with Crippen molar-refractivity contribution in [3.63, 3.8) is 0 Å². The van der Waals surface area contributed by atoms with Crippen LogP contribution < -0.4 is 4.72 Å². The highest BCUT2D eigenvalue weighted by atomic mass is 32.2. The molecule has 0 bridgehead atoms. The van der Waals surface area contributed by atoms with E-state index in [4.69, 9.17) is 0 Å². The van der Waals surface area contributed by atoms with E-state index in [2.05, 4.69) is 45.4 Å². The van der Waals surface area contributed by atoms with Crippen molar-refractivity contribution < 1.29 is 9.00 Å². The van der Waals surface area contributed by atoms with E-state index < -0.39 is 9.71 Å². The quantitative estimate of drug-likeness (QED) is 0.511. The number of hydrogen-bond donors (Lipinski definition) is 1. The number of carbonyl (C=O) groups is 1. The van der Waals surface area contributed by atoms with E-state index in [1.165, 1.54) is 18.4 Å². The smallest absolute Gasteiger partial charge is 0.225 e. The Kier molecular flexibility index (Phi) is 6.33. The van der Waals surface area contributed by atoms with Crippen LogP contribution in [0.3, 0.4) is 0 Å². The summed E-state index contributed by atoms with van der Waals surface area (Å²) in [6.45, 7) is 1.63. The highest BCUT2D eigenvalue weighted by molar-refractivity contribution is 8.01. The van der Waals surface area contributed by atoms with Crippen LogP contribution in [0.1, 0.15) is 55.6 Å². The van der Waals surface area contributed by atoms with Crippen LogP contribution in [0, 0.1) is 17.2 Å². The number of carbonyl (C=O) groups excluding carboxylic acids is 1. The summed E-state index contributed by atoms with van der Waals surface area (Å²) in [7, 11) is -0.771. The number of nitriles is 1. The Morgan fingerprint density at radius 3 is 2.57 bits per heavy atom. The van der Waals surface area contributed by atoms with Gasteiger partial charge in [-0.2, -0.15) is 5.26 Å². The molecule has 1 N–H and O–H groups in total. The van der Waals surface area contributed by atoms with E-state index in [9.17, 15) is 14.3 Å². The molecule has 7 heteroatoms. The summed E-state index contributed by atoms with van der Waals surface area (Å²) in [6.07, 6.45) is 8.59. The van der Waals surface area contributed by atoms with E-state index in [1.54, 1.807) is 24.3 Å². The van der Waals surface area contributed by atoms with Gasteiger partial charge in [-0.05, 0) is 79.4 Å². The highest BCUT2D eigenvalue weighted by Gasteiger charge is 2.31. The number of rotatable bonds is 5. The van der Waals surface area contributed by atoms with Crippen LogP contribution in [0.25, 0.3) is 10.9 Å². The maximum absolute atomic E-state index is 13.4. The Bertz CT molecular complexity index is 1400. The normalized spacial score (nSPS) is 18.9. The van der Waals surface area contributed by atoms with Crippen molar-refractivity contribution in [2.45, 2.75) is 49.3 Å². The SMILES string of the molecule is C=S(=O)(Nc1ccc2c(c1)c(C1CCN(C(=O)C3CCCC3)CC1)cn2C)c1cccc(C#N)c1. The Morgan fingerprint density at radius 1 is 1.11 bits per heavy atom. The number of amides is 1. The molecular weight excluding hydrogens is 456 g/mol. The molecule has 1 aliphatic carbocycles. The number of aryl methyl sites for hydroxylation is 1. The topological polar surface area (TPSA) is 78.1 Å². The number of benzene rings is 2. The summed E-state index contributed by atoms with van der Waals surface area (Å²) in [6, 6.07) is 14.9. The summed E-state index contributed by atoms with van der Waals surface area (Å²) in [4.78, 5) is 15.4. The predicted molar refractivity (Wildman–Crippen MR) is 142 cm³/mol. The lowest BCUT2D eigenvalue weighted by atomic mass is 9.88. The molecular formula is C28H32N4O2S. The lowest BCUT2D eigenvalue weighted by Gasteiger charge is -2.33. The van der Waals surface area contributed by atoms with Crippen molar-refractivity contribution in [3.05, 3.63) is 59.8 Å². The average Bonchev–Trinajstić information content (AvgIpc) is 3.52. The molecule has 1 aliphatic heterocycles. The predicted octanol–water partition coefficient (Wildman–Crippen LogP) is 5.05. The van der Waals surface area contributed by atoms with Gasteiger partial charge in [0.2, 0.25) is 5.91 Å². The summed E-state index contributed by atoms with van der Waals surface area (Å²) >= 11 is 0.